The summed E-state index contributed by atoms with van der Waals surface area (Å²) in [4.78, 5) is 27.6. The van der Waals surface area contributed by atoms with Crippen molar-refractivity contribution in [3.8, 4) is 22.8 Å². The Kier molecular flexibility index (Phi) is 9.16. The number of methoxy groups -OCH3 is 1. The van der Waals surface area contributed by atoms with Crippen molar-refractivity contribution in [2.75, 3.05) is 20.3 Å². The number of carboxylic acid groups (broad SMARTS) is 1. The van der Waals surface area contributed by atoms with Gasteiger partial charge in [-0.15, -0.1) is 0 Å². The van der Waals surface area contributed by atoms with E-state index in [0.717, 1.165) is 18.2 Å². The zero-order valence-corrected chi connectivity index (χ0v) is 22.7. The minimum Gasteiger partial charge on any atom is -0.493 e. The molecule has 1 heterocycles. The molecule has 220 valence electrons. The van der Waals surface area contributed by atoms with E-state index in [1.54, 1.807) is 0 Å². The summed E-state index contributed by atoms with van der Waals surface area (Å²) >= 11 is 5.85. The highest BCUT2D eigenvalue weighted by Crippen LogP contribution is 2.40. The molecule has 1 unspecified atom stereocenters. The van der Waals surface area contributed by atoms with Gasteiger partial charge in [-0.05, 0) is 67.9 Å². The maximum Gasteiger partial charge on any atom is 0.424 e. The van der Waals surface area contributed by atoms with E-state index in [0.29, 0.717) is 0 Å². The van der Waals surface area contributed by atoms with Gasteiger partial charge in [0, 0.05) is 16.7 Å². The van der Waals surface area contributed by atoms with Crippen molar-refractivity contribution in [1.29, 1.82) is 0 Å². The topological polar surface area (TPSA) is 144 Å². The molecule has 0 radical (unpaired) electrons. The van der Waals surface area contributed by atoms with E-state index in [4.69, 9.17) is 31.9 Å². The maximum absolute atomic E-state index is 14.4. The molecule has 0 aliphatic rings. The van der Waals surface area contributed by atoms with Crippen LogP contribution in [0.3, 0.4) is 0 Å². The van der Waals surface area contributed by atoms with Crippen LogP contribution in [0, 0.1) is 5.82 Å². The third-order valence-electron chi connectivity index (χ3n) is 5.96. The number of halogens is 5. The molecule has 41 heavy (non-hydrogen) atoms. The fourth-order valence-electron chi connectivity index (χ4n) is 3.63. The van der Waals surface area contributed by atoms with Crippen molar-refractivity contribution in [2.24, 2.45) is 5.73 Å². The molecule has 0 fully saturated rings. The number of rotatable bonds is 10. The molecular formula is C27H26ClF4N3O6. The number of hydrogen-bond donors (Lipinski definition) is 4. The van der Waals surface area contributed by atoms with Crippen LogP contribution in [0.2, 0.25) is 5.02 Å². The van der Waals surface area contributed by atoms with Gasteiger partial charge in [0.15, 0.2) is 18.1 Å². The largest absolute Gasteiger partial charge is 0.493 e. The van der Waals surface area contributed by atoms with Gasteiger partial charge in [0.1, 0.15) is 5.82 Å². The van der Waals surface area contributed by atoms with Crippen LogP contribution in [0.5, 0.6) is 11.5 Å². The second-order valence-electron chi connectivity index (χ2n) is 9.57. The van der Waals surface area contributed by atoms with Gasteiger partial charge in [-0.1, -0.05) is 11.6 Å². The maximum atomic E-state index is 14.4. The molecular weight excluding hydrogens is 574 g/mol. The molecule has 14 heteroatoms. The van der Waals surface area contributed by atoms with Gasteiger partial charge in [0.25, 0.3) is 5.91 Å². The van der Waals surface area contributed by atoms with Crippen LogP contribution in [-0.2, 0) is 15.9 Å². The molecule has 0 spiro atoms. The predicted octanol–water partition coefficient (Wildman–Crippen LogP) is 4.39. The zero-order valence-electron chi connectivity index (χ0n) is 22.0. The van der Waals surface area contributed by atoms with Gasteiger partial charge in [-0.2, -0.15) is 13.2 Å². The minimum atomic E-state index is -5.32. The Hall–Kier alpha value is -3.94. The number of nitrogens with zero attached hydrogens (tertiary/aromatic N) is 1. The first-order valence-electron chi connectivity index (χ1n) is 11.8. The van der Waals surface area contributed by atoms with Gasteiger partial charge < -0.3 is 30.7 Å². The Morgan fingerprint density at radius 2 is 1.76 bits per heavy atom. The van der Waals surface area contributed by atoms with E-state index in [2.05, 4.69) is 10.3 Å². The number of aromatic nitrogens is 1. The van der Waals surface area contributed by atoms with Crippen LogP contribution in [0.1, 0.15) is 35.5 Å². The van der Waals surface area contributed by atoms with Gasteiger partial charge in [0.2, 0.25) is 5.60 Å². The average Bonchev–Trinajstić information content (AvgIpc) is 2.90. The molecule has 5 N–H and O–H groups in total. The first-order chi connectivity index (χ1) is 19.0. The highest BCUT2D eigenvalue weighted by molar-refractivity contribution is 6.31. The number of carbonyl (C=O) groups excluding carboxylic acids is 1. The lowest BCUT2D eigenvalue weighted by molar-refractivity contribution is -0.265. The first-order valence-corrected chi connectivity index (χ1v) is 12.2. The number of carboxylic acids is 1. The SMILES string of the molecule is COc1cc(C(=O)NCC(O)(c2cc(C(C)(C)N)cc(-c3ccc(F)c(Cl)c3)n2)C(F)(F)F)ccc1OCC(=O)O. The van der Waals surface area contributed by atoms with Gasteiger partial charge in [-0.3, -0.25) is 4.79 Å². The molecule has 1 amide bonds. The summed E-state index contributed by atoms with van der Waals surface area (Å²) in [6.45, 7) is 1.01. The summed E-state index contributed by atoms with van der Waals surface area (Å²) in [5.41, 5.74) is 0.495. The molecule has 1 atom stereocenters. The molecule has 9 nitrogen and oxygen atoms in total. The monoisotopic (exact) mass is 599 g/mol. The Balaban J connectivity index is 2.01. The number of alkyl halides is 3. The van der Waals surface area contributed by atoms with E-state index < -0.39 is 53.9 Å². The second-order valence-corrected chi connectivity index (χ2v) is 9.97. The number of hydrogen-bond acceptors (Lipinski definition) is 7. The lowest BCUT2D eigenvalue weighted by Crippen LogP contribution is -2.51. The summed E-state index contributed by atoms with van der Waals surface area (Å²) in [5, 5.41) is 21.6. The van der Waals surface area contributed by atoms with Crippen molar-refractivity contribution in [1.82, 2.24) is 10.3 Å². The number of ether oxygens (including phenoxy) is 2. The van der Waals surface area contributed by atoms with Crippen LogP contribution in [-0.4, -0.2) is 53.5 Å². The molecule has 2 aromatic carbocycles. The summed E-state index contributed by atoms with van der Waals surface area (Å²) in [5.74, 6) is -3.10. The molecule has 0 bridgehead atoms. The average molecular weight is 600 g/mol. The van der Waals surface area contributed by atoms with Gasteiger partial charge >= 0.3 is 12.1 Å². The molecule has 0 aliphatic heterocycles. The fourth-order valence-corrected chi connectivity index (χ4v) is 3.81. The quantitative estimate of drug-likeness (QED) is 0.251. The highest BCUT2D eigenvalue weighted by Gasteiger charge is 2.56. The smallest absolute Gasteiger partial charge is 0.424 e. The number of carbonyl (C=O) groups is 2. The molecule has 0 saturated carbocycles. The minimum absolute atomic E-state index is 0.0166. The third-order valence-corrected chi connectivity index (χ3v) is 6.25. The Morgan fingerprint density at radius 3 is 2.32 bits per heavy atom. The van der Waals surface area contributed by atoms with Crippen LogP contribution < -0.4 is 20.5 Å². The third kappa shape index (κ3) is 7.23. The number of nitrogens with two attached hydrogens (primary N) is 1. The van der Waals surface area contributed by atoms with Crippen LogP contribution >= 0.6 is 11.6 Å². The number of aliphatic carboxylic acids is 1. The van der Waals surface area contributed by atoms with E-state index in [1.807, 2.05) is 0 Å². The summed E-state index contributed by atoms with van der Waals surface area (Å²) in [6.07, 6.45) is -5.32. The second kappa shape index (κ2) is 11.9. The predicted molar refractivity (Wildman–Crippen MR) is 140 cm³/mol. The summed E-state index contributed by atoms with van der Waals surface area (Å²) in [7, 11) is 1.22. The van der Waals surface area contributed by atoms with E-state index >= 15 is 0 Å². The Morgan fingerprint density at radius 1 is 1.07 bits per heavy atom. The van der Waals surface area contributed by atoms with E-state index in [9.17, 15) is 32.3 Å². The van der Waals surface area contributed by atoms with Crippen molar-refractivity contribution >= 4 is 23.5 Å². The van der Waals surface area contributed by atoms with E-state index in [-0.39, 0.29) is 38.9 Å². The van der Waals surface area contributed by atoms with Crippen LogP contribution in [0.4, 0.5) is 17.6 Å². The van der Waals surface area contributed by atoms with Crippen molar-refractivity contribution < 1.29 is 46.8 Å². The normalized spacial score (nSPS) is 13.3. The standard InChI is InChI=1S/C27H26ClF4N3O6/c1-25(2,33)16-10-19(14-4-6-18(29)17(28)8-14)35-22(11-16)26(39,27(30,31)32)13-34-24(38)15-5-7-20(21(9-15)40-3)41-12-23(36)37/h4-11,39H,12-13,33H2,1-3H3,(H,34,38)(H,36,37). The molecule has 1 aromatic heterocycles. The summed E-state index contributed by atoms with van der Waals surface area (Å²) in [6, 6.07) is 9.32. The lowest BCUT2D eigenvalue weighted by atomic mass is 9.89. The lowest BCUT2D eigenvalue weighted by Gasteiger charge is -2.32. The highest BCUT2D eigenvalue weighted by atomic mass is 35.5. The number of nitrogens with one attached hydrogen (secondary N) is 1. The first kappa shape index (κ1) is 31.6. The number of benzene rings is 2. The number of amides is 1. The number of aliphatic hydroxyl groups is 1. The molecule has 3 rings (SSSR count). The Labute approximate surface area is 236 Å². The van der Waals surface area contributed by atoms with Gasteiger partial charge in [-0.25, -0.2) is 14.2 Å². The van der Waals surface area contributed by atoms with Crippen molar-refractivity contribution in [3.63, 3.8) is 0 Å². The summed E-state index contributed by atoms with van der Waals surface area (Å²) < 4.78 is 67.1. The Bertz CT molecular complexity index is 1460. The van der Waals surface area contributed by atoms with Crippen LogP contribution in [0.15, 0.2) is 48.5 Å². The fraction of sp³-hybridized carbons (Fsp3) is 0.296. The molecule has 0 saturated heterocycles. The van der Waals surface area contributed by atoms with Crippen molar-refractivity contribution in [2.45, 2.75) is 31.2 Å². The molecule has 0 aliphatic carbocycles. The van der Waals surface area contributed by atoms with E-state index in [1.165, 1.54) is 51.3 Å². The van der Waals surface area contributed by atoms with Crippen molar-refractivity contribution in [3.05, 3.63) is 76.2 Å². The number of pyridine rings is 1. The van der Waals surface area contributed by atoms with Crippen LogP contribution in [0.25, 0.3) is 11.3 Å². The van der Waals surface area contributed by atoms with Gasteiger partial charge in [0.05, 0.1) is 30.1 Å². The molecule has 3 aromatic rings. The zero-order chi connectivity index (χ0) is 30.8.